The van der Waals surface area contributed by atoms with Gasteiger partial charge in [0.15, 0.2) is 0 Å². The van der Waals surface area contributed by atoms with E-state index in [0.717, 1.165) is 44.9 Å². The van der Waals surface area contributed by atoms with Crippen LogP contribution in [0, 0.1) is 5.92 Å². The van der Waals surface area contributed by atoms with Crippen molar-refractivity contribution in [2.45, 2.75) is 18.4 Å². The van der Waals surface area contributed by atoms with E-state index in [1.165, 1.54) is 11.8 Å². The van der Waals surface area contributed by atoms with Crippen LogP contribution in [0.25, 0.3) is 0 Å². The van der Waals surface area contributed by atoms with Crippen LogP contribution >= 0.6 is 0 Å². The molecule has 0 spiro atoms. The van der Waals surface area contributed by atoms with E-state index in [2.05, 4.69) is 40.4 Å². The molecule has 0 radical (unpaired) electrons. The Morgan fingerprint density at radius 1 is 1.14 bits per heavy atom. The highest BCUT2D eigenvalue weighted by atomic mass is 16.5. The summed E-state index contributed by atoms with van der Waals surface area (Å²) in [4.78, 5) is 17.2. The van der Waals surface area contributed by atoms with Gasteiger partial charge in [0.2, 0.25) is 5.76 Å². The SMILES string of the molecule is O=C(c1ccno1)N1CC[C@]2(c3ccccc3)CN(Cc3ccco3)C[C@H]2C1. The molecule has 0 saturated carbocycles. The van der Waals surface area contributed by atoms with Gasteiger partial charge in [-0.1, -0.05) is 35.5 Å². The maximum Gasteiger partial charge on any atom is 0.292 e. The van der Waals surface area contributed by atoms with E-state index in [1.807, 2.05) is 17.0 Å². The largest absolute Gasteiger partial charge is 0.468 e. The summed E-state index contributed by atoms with van der Waals surface area (Å²) in [6.07, 6.45) is 4.19. The van der Waals surface area contributed by atoms with Gasteiger partial charge in [-0.25, -0.2) is 0 Å². The van der Waals surface area contributed by atoms with Crippen LogP contribution in [0.1, 0.15) is 28.3 Å². The Morgan fingerprint density at radius 3 is 2.79 bits per heavy atom. The molecule has 6 heteroatoms. The molecule has 2 aromatic heterocycles. The lowest BCUT2D eigenvalue weighted by atomic mass is 9.68. The molecular formula is C22H23N3O3. The lowest BCUT2D eigenvalue weighted by Gasteiger charge is -2.43. The molecule has 0 aliphatic carbocycles. The summed E-state index contributed by atoms with van der Waals surface area (Å²) in [6, 6.07) is 16.4. The van der Waals surface area contributed by atoms with Gasteiger partial charge in [0.05, 0.1) is 19.0 Å². The first-order valence-electron chi connectivity index (χ1n) is 9.75. The van der Waals surface area contributed by atoms with E-state index < -0.39 is 0 Å². The molecule has 2 saturated heterocycles. The molecule has 28 heavy (non-hydrogen) atoms. The van der Waals surface area contributed by atoms with Crippen LogP contribution in [-0.2, 0) is 12.0 Å². The van der Waals surface area contributed by atoms with Gasteiger partial charge in [-0.3, -0.25) is 9.69 Å². The van der Waals surface area contributed by atoms with Gasteiger partial charge in [-0.2, -0.15) is 0 Å². The maximum atomic E-state index is 12.8. The zero-order valence-electron chi connectivity index (χ0n) is 15.7. The molecule has 0 unspecified atom stereocenters. The molecule has 3 aromatic rings. The number of aromatic nitrogens is 1. The van der Waals surface area contributed by atoms with Gasteiger partial charge in [-0.15, -0.1) is 0 Å². The monoisotopic (exact) mass is 377 g/mol. The average Bonchev–Trinajstić information content (AvgIpc) is 3.49. The van der Waals surface area contributed by atoms with Gasteiger partial charge in [0, 0.05) is 43.6 Å². The summed E-state index contributed by atoms with van der Waals surface area (Å²) in [5.41, 5.74) is 1.43. The van der Waals surface area contributed by atoms with Crippen molar-refractivity contribution in [3.63, 3.8) is 0 Å². The third-order valence-electron chi connectivity index (χ3n) is 6.28. The van der Waals surface area contributed by atoms with Crippen molar-refractivity contribution in [1.29, 1.82) is 0 Å². The molecule has 2 aliphatic rings. The number of furan rings is 1. The number of hydrogen-bond donors (Lipinski definition) is 0. The number of nitrogens with zero attached hydrogens (tertiary/aromatic N) is 3. The zero-order chi connectivity index (χ0) is 19.0. The first-order valence-corrected chi connectivity index (χ1v) is 9.75. The van der Waals surface area contributed by atoms with Crippen molar-refractivity contribution in [1.82, 2.24) is 15.0 Å². The van der Waals surface area contributed by atoms with Crippen molar-refractivity contribution in [3.8, 4) is 0 Å². The number of rotatable bonds is 4. The fraction of sp³-hybridized carbons (Fsp3) is 0.364. The second-order valence-electron chi connectivity index (χ2n) is 7.85. The smallest absolute Gasteiger partial charge is 0.292 e. The summed E-state index contributed by atoms with van der Waals surface area (Å²) >= 11 is 0. The number of carbonyl (C=O) groups is 1. The molecule has 0 N–H and O–H groups in total. The summed E-state index contributed by atoms with van der Waals surface area (Å²) in [5, 5.41) is 3.68. The molecule has 0 bridgehead atoms. The molecule has 1 aromatic carbocycles. The molecule has 5 rings (SSSR count). The second kappa shape index (κ2) is 6.95. The van der Waals surface area contributed by atoms with Crippen molar-refractivity contribution >= 4 is 5.91 Å². The Balaban J connectivity index is 1.41. The number of fused-ring (bicyclic) bond motifs is 1. The Hall–Kier alpha value is -2.86. The molecule has 2 atom stereocenters. The molecule has 144 valence electrons. The highest BCUT2D eigenvalue weighted by Crippen LogP contribution is 2.45. The maximum absolute atomic E-state index is 12.8. The summed E-state index contributed by atoms with van der Waals surface area (Å²) in [7, 11) is 0. The first-order chi connectivity index (χ1) is 13.7. The van der Waals surface area contributed by atoms with Gasteiger partial charge in [-0.05, 0) is 24.1 Å². The van der Waals surface area contributed by atoms with E-state index in [0.29, 0.717) is 11.7 Å². The molecule has 1 amide bonds. The van der Waals surface area contributed by atoms with E-state index in [1.54, 1.807) is 12.3 Å². The summed E-state index contributed by atoms with van der Waals surface area (Å²) in [5.74, 6) is 1.60. The van der Waals surface area contributed by atoms with Gasteiger partial charge in [0.25, 0.3) is 5.91 Å². The number of benzene rings is 1. The van der Waals surface area contributed by atoms with Crippen LogP contribution in [0.15, 0.2) is 69.9 Å². The number of hydrogen-bond acceptors (Lipinski definition) is 5. The van der Waals surface area contributed by atoms with Crippen LogP contribution in [0.3, 0.4) is 0 Å². The van der Waals surface area contributed by atoms with Gasteiger partial charge >= 0.3 is 0 Å². The minimum Gasteiger partial charge on any atom is -0.468 e. The normalized spacial score (nSPS) is 25.0. The van der Waals surface area contributed by atoms with Crippen LogP contribution in [-0.4, -0.2) is 47.0 Å². The van der Waals surface area contributed by atoms with Crippen molar-refractivity contribution in [2.24, 2.45) is 5.92 Å². The number of piperidine rings is 1. The molecule has 6 nitrogen and oxygen atoms in total. The highest BCUT2D eigenvalue weighted by molar-refractivity contribution is 5.91. The quantitative estimate of drug-likeness (QED) is 0.699. The van der Waals surface area contributed by atoms with Crippen LogP contribution < -0.4 is 0 Å². The minimum atomic E-state index is -0.0661. The van der Waals surface area contributed by atoms with Crippen LogP contribution in [0.5, 0.6) is 0 Å². The Kier molecular flexibility index (Phi) is 4.28. The first kappa shape index (κ1) is 17.3. The zero-order valence-corrected chi connectivity index (χ0v) is 15.7. The highest BCUT2D eigenvalue weighted by Gasteiger charge is 2.51. The predicted molar refractivity (Wildman–Crippen MR) is 103 cm³/mol. The van der Waals surface area contributed by atoms with E-state index >= 15 is 0 Å². The second-order valence-corrected chi connectivity index (χ2v) is 7.85. The van der Waals surface area contributed by atoms with Crippen molar-refractivity contribution in [3.05, 3.63) is 78.1 Å². The third kappa shape index (κ3) is 2.94. The number of carbonyl (C=O) groups excluding carboxylic acids is 1. The lowest BCUT2D eigenvalue weighted by Crippen LogP contribution is -2.51. The summed E-state index contributed by atoms with van der Waals surface area (Å²) in [6.45, 7) is 4.17. The molecule has 2 aliphatic heterocycles. The Bertz CT molecular complexity index is 923. The molecule has 2 fully saturated rings. The average molecular weight is 377 g/mol. The lowest BCUT2D eigenvalue weighted by molar-refractivity contribution is 0.0562. The van der Waals surface area contributed by atoms with E-state index in [9.17, 15) is 4.79 Å². The fourth-order valence-electron chi connectivity index (χ4n) is 4.94. The number of likely N-dealkylation sites (tertiary alicyclic amines) is 2. The predicted octanol–water partition coefficient (Wildman–Crippen LogP) is 3.18. The fourth-order valence-corrected chi connectivity index (χ4v) is 4.94. The van der Waals surface area contributed by atoms with Gasteiger partial charge < -0.3 is 13.8 Å². The van der Waals surface area contributed by atoms with Crippen LogP contribution in [0.2, 0.25) is 0 Å². The third-order valence-corrected chi connectivity index (χ3v) is 6.28. The molecule has 4 heterocycles. The molecular weight excluding hydrogens is 354 g/mol. The van der Waals surface area contributed by atoms with E-state index in [4.69, 9.17) is 8.94 Å². The number of amides is 1. The van der Waals surface area contributed by atoms with Crippen molar-refractivity contribution in [2.75, 3.05) is 26.2 Å². The summed E-state index contributed by atoms with van der Waals surface area (Å²) < 4.78 is 10.7. The van der Waals surface area contributed by atoms with Crippen molar-refractivity contribution < 1.29 is 13.7 Å². The standard InChI is InChI=1S/C22H23N3O3/c26-21(20-8-10-23-28-20)25-11-9-22(17-5-2-1-3-6-17)16-24(13-18(22)14-25)15-19-7-4-12-27-19/h1-8,10,12,18H,9,11,13-16H2/t18-,22+/m0/s1. The Labute approximate surface area is 163 Å². The van der Waals surface area contributed by atoms with E-state index in [-0.39, 0.29) is 11.3 Å². The van der Waals surface area contributed by atoms with Crippen LogP contribution in [0.4, 0.5) is 0 Å². The Morgan fingerprint density at radius 2 is 2.04 bits per heavy atom. The van der Waals surface area contributed by atoms with Gasteiger partial charge in [0.1, 0.15) is 5.76 Å². The topological polar surface area (TPSA) is 62.7 Å². The minimum absolute atomic E-state index is 0.0616.